The van der Waals surface area contributed by atoms with Crippen LogP contribution in [0, 0.1) is 47.5 Å². The lowest BCUT2D eigenvalue weighted by molar-refractivity contribution is -0.150. The van der Waals surface area contributed by atoms with E-state index in [2.05, 4.69) is 0 Å². The van der Waals surface area contributed by atoms with Crippen molar-refractivity contribution in [2.45, 2.75) is 61.1 Å². The number of amides is 4. The number of hydrogen-bond donors (Lipinski definition) is 3. The first-order valence-electron chi connectivity index (χ1n) is 12.8. The van der Waals surface area contributed by atoms with Gasteiger partial charge in [0.05, 0.1) is 13.1 Å². The monoisotopic (exact) mass is 530 g/mol. The fourth-order valence-electron chi connectivity index (χ4n) is 5.32. The third-order valence-electron chi connectivity index (χ3n) is 7.36. The zero-order valence-electron chi connectivity index (χ0n) is 23.1. The summed E-state index contributed by atoms with van der Waals surface area (Å²) in [4.78, 5) is 43.3. The van der Waals surface area contributed by atoms with Crippen LogP contribution >= 0.6 is 0 Å². The number of hydrogen-bond acceptors (Lipinski definition) is 6. The molecule has 3 aromatic rings. The Kier molecular flexibility index (Phi) is 7.41. The molecule has 3 aromatic carbocycles. The van der Waals surface area contributed by atoms with Gasteiger partial charge in [-0.05, 0) is 98.0 Å². The van der Waals surface area contributed by atoms with Crippen molar-refractivity contribution in [1.29, 1.82) is 0 Å². The summed E-state index contributed by atoms with van der Waals surface area (Å²) >= 11 is 0. The van der Waals surface area contributed by atoms with Crippen molar-refractivity contribution in [2.24, 2.45) is 5.92 Å². The van der Waals surface area contributed by atoms with E-state index in [1.807, 2.05) is 0 Å². The minimum atomic E-state index is -1.13. The maximum absolute atomic E-state index is 13.7. The Labute approximate surface area is 228 Å². The summed E-state index contributed by atoms with van der Waals surface area (Å²) in [5, 5.41) is 30.5. The molecule has 4 rings (SSSR count). The number of carbonyl (C=O) groups excluding carboxylic acids is 3. The number of nitrogens with zero attached hydrogens (tertiary/aromatic N) is 2. The zero-order chi connectivity index (χ0) is 28.8. The number of barbiturate groups is 1. The van der Waals surface area contributed by atoms with E-state index < -0.39 is 23.8 Å². The Hall–Kier alpha value is -4.33. The predicted molar refractivity (Wildman–Crippen MR) is 146 cm³/mol. The molecule has 39 heavy (non-hydrogen) atoms. The highest BCUT2D eigenvalue weighted by molar-refractivity contribution is 6.16. The van der Waals surface area contributed by atoms with Gasteiger partial charge in [-0.15, -0.1) is 0 Å². The minimum Gasteiger partial charge on any atom is -0.507 e. The number of phenolic OH excluding ortho intramolecular Hbond substituents is 3. The number of benzene rings is 3. The van der Waals surface area contributed by atoms with Gasteiger partial charge in [0.1, 0.15) is 23.2 Å². The first kappa shape index (κ1) is 27.7. The van der Waals surface area contributed by atoms with E-state index in [0.29, 0.717) is 50.1 Å². The maximum atomic E-state index is 13.7. The number of aryl methyl sites for hydroxylation is 6. The molecule has 1 saturated heterocycles. The smallest absolute Gasteiger partial charge is 0.334 e. The Morgan fingerprint density at radius 2 is 0.821 bits per heavy atom. The van der Waals surface area contributed by atoms with Gasteiger partial charge in [-0.1, -0.05) is 36.4 Å². The van der Waals surface area contributed by atoms with Gasteiger partial charge < -0.3 is 15.3 Å². The second-order valence-corrected chi connectivity index (χ2v) is 10.6. The summed E-state index contributed by atoms with van der Waals surface area (Å²) in [5.41, 5.74) is 5.78. The summed E-state index contributed by atoms with van der Waals surface area (Å²) in [6, 6.07) is 9.65. The zero-order valence-corrected chi connectivity index (χ0v) is 23.1. The maximum Gasteiger partial charge on any atom is 0.334 e. The van der Waals surface area contributed by atoms with Crippen LogP contribution in [0.1, 0.15) is 50.1 Å². The number of aromatic hydroxyl groups is 3. The second-order valence-electron chi connectivity index (χ2n) is 10.6. The van der Waals surface area contributed by atoms with E-state index in [1.54, 1.807) is 77.9 Å². The third kappa shape index (κ3) is 5.32. The van der Waals surface area contributed by atoms with Gasteiger partial charge in [-0.2, -0.15) is 0 Å². The average molecular weight is 531 g/mol. The lowest BCUT2D eigenvalue weighted by Gasteiger charge is -2.37. The van der Waals surface area contributed by atoms with Gasteiger partial charge in [0.2, 0.25) is 11.8 Å². The number of phenols is 3. The molecule has 1 aliphatic rings. The van der Waals surface area contributed by atoms with Crippen molar-refractivity contribution in [1.82, 2.24) is 9.80 Å². The van der Waals surface area contributed by atoms with Gasteiger partial charge in [-0.25, -0.2) is 4.79 Å². The van der Waals surface area contributed by atoms with Crippen molar-refractivity contribution in [2.75, 3.05) is 0 Å². The first-order chi connectivity index (χ1) is 18.3. The van der Waals surface area contributed by atoms with Gasteiger partial charge in [0.25, 0.3) is 0 Å². The number of imide groups is 2. The highest BCUT2D eigenvalue weighted by Gasteiger charge is 2.45. The second kappa shape index (κ2) is 10.4. The van der Waals surface area contributed by atoms with Crippen LogP contribution in [0.3, 0.4) is 0 Å². The molecular formula is C31H34N2O6. The van der Waals surface area contributed by atoms with Crippen molar-refractivity contribution in [3.8, 4) is 17.2 Å². The lowest BCUT2D eigenvalue weighted by Crippen LogP contribution is -2.59. The molecular weight excluding hydrogens is 496 g/mol. The van der Waals surface area contributed by atoms with Crippen molar-refractivity contribution in [3.63, 3.8) is 0 Å². The molecule has 0 bridgehead atoms. The molecule has 8 heteroatoms. The SMILES string of the molecule is Cc1cc(CC2C(=O)N(Cc3cc(C)c(O)c(C)c3)C(=O)N(Cc3cc(C)c(O)c(C)c3)C2=O)cc(C)c1O. The highest BCUT2D eigenvalue weighted by Crippen LogP contribution is 2.31. The van der Waals surface area contributed by atoms with E-state index in [0.717, 1.165) is 9.80 Å². The third-order valence-corrected chi connectivity index (χ3v) is 7.36. The Balaban J connectivity index is 1.74. The van der Waals surface area contributed by atoms with Crippen LogP contribution in [0.15, 0.2) is 36.4 Å². The largest absolute Gasteiger partial charge is 0.507 e. The molecule has 0 aliphatic carbocycles. The van der Waals surface area contributed by atoms with Crippen LogP contribution in [0.25, 0.3) is 0 Å². The number of carbonyl (C=O) groups is 3. The number of urea groups is 1. The first-order valence-corrected chi connectivity index (χ1v) is 12.8. The fourth-order valence-corrected chi connectivity index (χ4v) is 5.32. The minimum absolute atomic E-state index is 0.0544. The fraction of sp³-hybridized carbons (Fsp3) is 0.323. The van der Waals surface area contributed by atoms with E-state index in [9.17, 15) is 29.7 Å². The summed E-state index contributed by atoms with van der Waals surface area (Å²) in [6.07, 6.45) is 0.0706. The molecule has 3 N–H and O–H groups in total. The summed E-state index contributed by atoms with van der Waals surface area (Å²) in [6.45, 7) is 10.4. The van der Waals surface area contributed by atoms with Crippen LogP contribution in [0.2, 0.25) is 0 Å². The quantitative estimate of drug-likeness (QED) is 0.386. The molecule has 1 fully saturated rings. The molecule has 1 aliphatic heterocycles. The van der Waals surface area contributed by atoms with Gasteiger partial charge >= 0.3 is 6.03 Å². The molecule has 0 atom stereocenters. The molecule has 0 saturated carbocycles. The van der Waals surface area contributed by atoms with Crippen LogP contribution in [-0.4, -0.2) is 43.0 Å². The lowest BCUT2D eigenvalue weighted by atomic mass is 9.92. The van der Waals surface area contributed by atoms with E-state index in [-0.39, 0.29) is 36.8 Å². The molecule has 204 valence electrons. The topological polar surface area (TPSA) is 118 Å². The van der Waals surface area contributed by atoms with Gasteiger partial charge in [0.15, 0.2) is 0 Å². The van der Waals surface area contributed by atoms with Gasteiger partial charge in [-0.3, -0.25) is 19.4 Å². The van der Waals surface area contributed by atoms with Crippen LogP contribution in [-0.2, 0) is 29.1 Å². The van der Waals surface area contributed by atoms with Crippen molar-refractivity contribution in [3.05, 3.63) is 86.5 Å². The van der Waals surface area contributed by atoms with Crippen molar-refractivity contribution >= 4 is 17.8 Å². The Morgan fingerprint density at radius 1 is 0.538 bits per heavy atom. The summed E-state index contributed by atoms with van der Waals surface area (Å²) < 4.78 is 0. The summed E-state index contributed by atoms with van der Waals surface area (Å²) in [7, 11) is 0. The van der Waals surface area contributed by atoms with E-state index in [4.69, 9.17) is 0 Å². The molecule has 0 radical (unpaired) electrons. The molecule has 0 spiro atoms. The normalized spacial score (nSPS) is 14.5. The molecule has 0 unspecified atom stereocenters. The Bertz CT molecular complexity index is 1240. The summed E-state index contributed by atoms with van der Waals surface area (Å²) in [5.74, 6) is -1.85. The Morgan fingerprint density at radius 3 is 1.13 bits per heavy atom. The predicted octanol–water partition coefficient (Wildman–Crippen LogP) is 5.00. The highest BCUT2D eigenvalue weighted by atomic mass is 16.3. The van der Waals surface area contributed by atoms with Crippen LogP contribution in [0.5, 0.6) is 17.2 Å². The standard InChI is InChI=1S/C31H34N2O6/c1-16-7-22(8-17(2)26(16)34)13-25-29(37)32(14-23-9-18(3)27(35)19(4)10-23)31(39)33(30(25)38)15-24-11-20(5)28(36)21(6)12-24/h7-12,25,34-36H,13-15H2,1-6H3. The molecule has 8 nitrogen and oxygen atoms in total. The van der Waals surface area contributed by atoms with Crippen LogP contribution < -0.4 is 0 Å². The van der Waals surface area contributed by atoms with E-state index in [1.165, 1.54) is 0 Å². The molecule has 0 aromatic heterocycles. The van der Waals surface area contributed by atoms with Crippen molar-refractivity contribution < 1.29 is 29.7 Å². The van der Waals surface area contributed by atoms with Gasteiger partial charge in [0, 0.05) is 0 Å². The molecule has 1 heterocycles. The van der Waals surface area contributed by atoms with E-state index >= 15 is 0 Å². The average Bonchev–Trinajstić information content (AvgIpc) is 2.87. The van der Waals surface area contributed by atoms with Crippen LogP contribution in [0.4, 0.5) is 4.79 Å². The molecule has 4 amide bonds. The number of rotatable bonds is 6.